The number of hydrogen-bond donors (Lipinski definition) is 1. The van der Waals surface area contributed by atoms with E-state index in [0.717, 1.165) is 23.1 Å². The zero-order valence-electron chi connectivity index (χ0n) is 15.9. The number of hydrogen-bond acceptors (Lipinski definition) is 5. The molecule has 1 aromatic carbocycles. The average molecular weight is 406 g/mol. The summed E-state index contributed by atoms with van der Waals surface area (Å²) in [6.07, 6.45) is 3.11. The Hall–Kier alpha value is -3.10. The van der Waals surface area contributed by atoms with Crippen molar-refractivity contribution in [3.8, 4) is 0 Å². The van der Waals surface area contributed by atoms with Gasteiger partial charge in [0.05, 0.1) is 11.8 Å². The van der Waals surface area contributed by atoms with E-state index < -0.39 is 65.0 Å². The first-order valence-electron chi connectivity index (χ1n) is 9.19. The van der Waals surface area contributed by atoms with Crippen LogP contribution in [-0.4, -0.2) is 40.7 Å². The van der Waals surface area contributed by atoms with Crippen LogP contribution in [0, 0.1) is 23.5 Å². The largest absolute Gasteiger partial charge is 0.451 e. The van der Waals surface area contributed by atoms with Gasteiger partial charge in [0.2, 0.25) is 11.8 Å². The molecule has 0 saturated carbocycles. The molecular weight excluding hydrogens is 386 g/mol. The minimum absolute atomic E-state index is 0.431. The molecular formula is C20H20F2N2O5. The zero-order valence-corrected chi connectivity index (χ0v) is 15.9. The minimum Gasteiger partial charge on any atom is -0.451 e. The number of carbonyl (C=O) groups excluding carboxylic acids is 4. The third kappa shape index (κ3) is 3.90. The summed E-state index contributed by atoms with van der Waals surface area (Å²) in [7, 11) is 0. The van der Waals surface area contributed by atoms with Gasteiger partial charge in [-0.05, 0) is 38.8 Å². The number of anilines is 1. The van der Waals surface area contributed by atoms with Gasteiger partial charge in [-0.1, -0.05) is 18.2 Å². The summed E-state index contributed by atoms with van der Waals surface area (Å²) in [6, 6.07) is 1.86. The zero-order chi connectivity index (χ0) is 21.3. The van der Waals surface area contributed by atoms with Gasteiger partial charge in [-0.3, -0.25) is 19.3 Å². The summed E-state index contributed by atoms with van der Waals surface area (Å²) >= 11 is 0. The fraction of sp³-hybridized carbons (Fsp3) is 0.400. The lowest BCUT2D eigenvalue weighted by molar-refractivity contribution is -0.163. The SMILES string of the molecule is C[C@@H](OC(=O)[C@H](C)N1C(=O)[C@H]2CC=CC[C@@H]2C1=O)C(=O)Nc1c(F)cccc1F. The molecule has 1 aliphatic carbocycles. The molecule has 0 bridgehead atoms. The van der Waals surface area contributed by atoms with Crippen LogP contribution >= 0.6 is 0 Å². The molecule has 29 heavy (non-hydrogen) atoms. The number of likely N-dealkylation sites (tertiary alicyclic amines) is 1. The summed E-state index contributed by atoms with van der Waals surface area (Å²) in [5.41, 5.74) is -0.657. The Labute approximate surface area is 165 Å². The molecule has 1 fully saturated rings. The highest BCUT2D eigenvalue weighted by Gasteiger charge is 2.50. The second kappa shape index (κ2) is 8.10. The van der Waals surface area contributed by atoms with E-state index in [0.29, 0.717) is 12.8 Å². The quantitative estimate of drug-likeness (QED) is 0.460. The molecule has 0 radical (unpaired) electrons. The summed E-state index contributed by atoms with van der Waals surface area (Å²) in [5, 5.41) is 2.03. The Balaban J connectivity index is 1.64. The van der Waals surface area contributed by atoms with Crippen molar-refractivity contribution in [2.45, 2.75) is 38.8 Å². The molecule has 1 heterocycles. The van der Waals surface area contributed by atoms with Gasteiger partial charge < -0.3 is 10.1 Å². The van der Waals surface area contributed by atoms with Crippen molar-refractivity contribution in [2.24, 2.45) is 11.8 Å². The molecule has 2 aliphatic rings. The van der Waals surface area contributed by atoms with Gasteiger partial charge in [0.25, 0.3) is 5.91 Å². The van der Waals surface area contributed by atoms with Gasteiger partial charge in [0, 0.05) is 0 Å². The van der Waals surface area contributed by atoms with Crippen LogP contribution in [0.1, 0.15) is 26.7 Å². The highest BCUT2D eigenvalue weighted by Crippen LogP contribution is 2.36. The lowest BCUT2D eigenvalue weighted by Crippen LogP contribution is -2.46. The number of nitrogens with one attached hydrogen (secondary N) is 1. The summed E-state index contributed by atoms with van der Waals surface area (Å²) in [4.78, 5) is 50.5. The molecule has 3 rings (SSSR count). The number of benzene rings is 1. The van der Waals surface area contributed by atoms with Gasteiger partial charge in [-0.25, -0.2) is 13.6 Å². The van der Waals surface area contributed by atoms with E-state index in [1.165, 1.54) is 13.8 Å². The third-order valence-electron chi connectivity index (χ3n) is 5.14. The summed E-state index contributed by atoms with van der Waals surface area (Å²) < 4.78 is 32.3. The smallest absolute Gasteiger partial charge is 0.329 e. The Morgan fingerprint density at radius 2 is 1.59 bits per heavy atom. The van der Waals surface area contributed by atoms with Gasteiger partial charge >= 0.3 is 5.97 Å². The fourth-order valence-corrected chi connectivity index (χ4v) is 3.48. The molecule has 1 aromatic rings. The number of esters is 1. The Morgan fingerprint density at radius 3 is 2.10 bits per heavy atom. The van der Waals surface area contributed by atoms with E-state index in [1.54, 1.807) is 0 Å². The molecule has 7 nitrogen and oxygen atoms in total. The van der Waals surface area contributed by atoms with Gasteiger partial charge in [0.15, 0.2) is 6.10 Å². The number of carbonyl (C=O) groups is 4. The van der Waals surface area contributed by atoms with Gasteiger partial charge in [-0.15, -0.1) is 0 Å². The third-order valence-corrected chi connectivity index (χ3v) is 5.14. The van der Waals surface area contributed by atoms with Crippen LogP contribution in [0.3, 0.4) is 0 Å². The molecule has 4 atom stereocenters. The fourth-order valence-electron chi connectivity index (χ4n) is 3.48. The van der Waals surface area contributed by atoms with E-state index in [9.17, 15) is 28.0 Å². The Bertz CT molecular complexity index is 855. The topological polar surface area (TPSA) is 92.8 Å². The summed E-state index contributed by atoms with van der Waals surface area (Å²) in [5.74, 6) is -5.75. The maximum absolute atomic E-state index is 13.7. The molecule has 1 aliphatic heterocycles. The van der Waals surface area contributed by atoms with E-state index in [4.69, 9.17) is 4.74 Å². The number of para-hydroxylation sites is 1. The molecule has 9 heteroatoms. The van der Waals surface area contributed by atoms with E-state index in [1.807, 2.05) is 17.5 Å². The average Bonchev–Trinajstić information content (AvgIpc) is 2.95. The molecule has 1 N–H and O–H groups in total. The second-order valence-corrected chi connectivity index (χ2v) is 7.04. The first-order valence-corrected chi connectivity index (χ1v) is 9.19. The molecule has 0 spiro atoms. The first-order chi connectivity index (χ1) is 13.7. The van der Waals surface area contributed by atoms with Crippen molar-refractivity contribution < 1.29 is 32.7 Å². The van der Waals surface area contributed by atoms with E-state index in [-0.39, 0.29) is 0 Å². The van der Waals surface area contributed by atoms with Crippen LogP contribution < -0.4 is 5.32 Å². The standard InChI is InChI=1S/C20H20F2N2O5/c1-10(24-18(26)12-6-3-4-7-13(12)19(24)27)20(28)29-11(2)17(25)23-16-14(21)8-5-9-15(16)22/h3-5,8-13H,6-7H2,1-2H3,(H,23,25)/t10-,11+,12-,13-/m0/s1. The van der Waals surface area contributed by atoms with Crippen molar-refractivity contribution in [2.75, 3.05) is 5.32 Å². The number of halogens is 2. The van der Waals surface area contributed by atoms with Crippen LogP contribution in [-0.2, 0) is 23.9 Å². The van der Waals surface area contributed by atoms with Gasteiger partial charge in [0.1, 0.15) is 23.4 Å². The number of rotatable bonds is 5. The van der Waals surface area contributed by atoms with Crippen LogP contribution in [0.4, 0.5) is 14.5 Å². The Morgan fingerprint density at radius 1 is 1.07 bits per heavy atom. The number of allylic oxidation sites excluding steroid dienone is 2. The number of fused-ring (bicyclic) bond motifs is 1. The highest BCUT2D eigenvalue weighted by atomic mass is 19.1. The predicted octanol–water partition coefficient (Wildman–Crippen LogP) is 2.17. The van der Waals surface area contributed by atoms with Crippen molar-refractivity contribution in [3.63, 3.8) is 0 Å². The minimum atomic E-state index is -1.40. The monoisotopic (exact) mass is 406 g/mol. The normalized spacial score (nSPS) is 22.8. The molecule has 1 saturated heterocycles. The van der Waals surface area contributed by atoms with Crippen molar-refractivity contribution in [3.05, 3.63) is 42.0 Å². The number of amides is 3. The van der Waals surface area contributed by atoms with Crippen LogP contribution in [0.25, 0.3) is 0 Å². The highest BCUT2D eigenvalue weighted by molar-refractivity contribution is 6.08. The maximum atomic E-state index is 13.7. The molecule has 154 valence electrons. The van der Waals surface area contributed by atoms with Crippen molar-refractivity contribution >= 4 is 29.4 Å². The molecule has 0 aromatic heterocycles. The summed E-state index contributed by atoms with van der Waals surface area (Å²) in [6.45, 7) is 2.56. The van der Waals surface area contributed by atoms with E-state index in [2.05, 4.69) is 0 Å². The first kappa shape index (κ1) is 20.6. The predicted molar refractivity (Wildman–Crippen MR) is 97.2 cm³/mol. The van der Waals surface area contributed by atoms with Crippen LogP contribution in [0.5, 0.6) is 0 Å². The maximum Gasteiger partial charge on any atom is 0.329 e. The van der Waals surface area contributed by atoms with Crippen molar-refractivity contribution in [1.29, 1.82) is 0 Å². The molecule has 0 unspecified atom stereocenters. The number of ether oxygens (including phenoxy) is 1. The van der Waals surface area contributed by atoms with Gasteiger partial charge in [-0.2, -0.15) is 0 Å². The van der Waals surface area contributed by atoms with E-state index >= 15 is 0 Å². The second-order valence-electron chi connectivity index (χ2n) is 7.04. The van der Waals surface area contributed by atoms with Crippen LogP contribution in [0.2, 0.25) is 0 Å². The molecule has 3 amide bonds. The number of imide groups is 1. The Kier molecular flexibility index (Phi) is 5.76. The lowest BCUT2D eigenvalue weighted by atomic mass is 9.85. The van der Waals surface area contributed by atoms with Crippen LogP contribution in [0.15, 0.2) is 30.4 Å². The van der Waals surface area contributed by atoms with Crippen molar-refractivity contribution in [1.82, 2.24) is 4.90 Å². The number of nitrogens with zero attached hydrogens (tertiary/aromatic N) is 1. The lowest BCUT2D eigenvalue weighted by Gasteiger charge is -2.23.